The van der Waals surface area contributed by atoms with E-state index in [1.165, 1.54) is 18.5 Å². The van der Waals surface area contributed by atoms with Crippen molar-refractivity contribution in [2.45, 2.75) is 51.3 Å². The minimum Gasteiger partial charge on any atom is -0.313 e. The first-order valence-electron chi connectivity index (χ1n) is 7.11. The fourth-order valence-corrected chi connectivity index (χ4v) is 2.98. The highest BCUT2D eigenvalue weighted by molar-refractivity contribution is 9.10. The molecule has 0 fully saturated rings. The van der Waals surface area contributed by atoms with Gasteiger partial charge in [-0.3, -0.25) is 4.98 Å². The first-order valence-corrected chi connectivity index (χ1v) is 8.95. The lowest BCUT2D eigenvalue weighted by molar-refractivity contribution is 0.544. The standard InChI is InChI=1S/C15H25BrN2S/c1-4-8-17-15(11-19-12(3)5-2)9-14-7-6-13(16)10-18-14/h6-7,10,12,15,17H,4-5,8-9,11H2,1-3H3. The summed E-state index contributed by atoms with van der Waals surface area (Å²) in [5, 5.41) is 4.38. The first-order chi connectivity index (χ1) is 9.15. The van der Waals surface area contributed by atoms with E-state index in [1.807, 2.05) is 6.20 Å². The Morgan fingerprint density at radius 1 is 1.37 bits per heavy atom. The van der Waals surface area contributed by atoms with Crippen molar-refractivity contribution < 1.29 is 0 Å². The fraction of sp³-hybridized carbons (Fsp3) is 0.667. The number of aromatic nitrogens is 1. The molecule has 1 aromatic heterocycles. The van der Waals surface area contributed by atoms with E-state index >= 15 is 0 Å². The number of pyridine rings is 1. The van der Waals surface area contributed by atoms with Crippen molar-refractivity contribution in [3.63, 3.8) is 0 Å². The third kappa shape index (κ3) is 7.33. The minimum atomic E-state index is 0.521. The van der Waals surface area contributed by atoms with Crippen LogP contribution in [0.5, 0.6) is 0 Å². The highest BCUT2D eigenvalue weighted by atomic mass is 79.9. The van der Waals surface area contributed by atoms with Gasteiger partial charge < -0.3 is 5.32 Å². The maximum atomic E-state index is 4.48. The largest absolute Gasteiger partial charge is 0.313 e. The van der Waals surface area contributed by atoms with Crippen LogP contribution in [-0.2, 0) is 6.42 Å². The van der Waals surface area contributed by atoms with Crippen molar-refractivity contribution in [3.8, 4) is 0 Å². The summed E-state index contributed by atoms with van der Waals surface area (Å²) in [4.78, 5) is 4.48. The molecular weight excluding hydrogens is 320 g/mol. The predicted molar refractivity (Wildman–Crippen MR) is 89.9 cm³/mol. The zero-order chi connectivity index (χ0) is 14.1. The Morgan fingerprint density at radius 3 is 2.74 bits per heavy atom. The van der Waals surface area contributed by atoms with E-state index in [1.54, 1.807) is 0 Å². The van der Waals surface area contributed by atoms with Gasteiger partial charge in [-0.2, -0.15) is 11.8 Å². The molecular formula is C15H25BrN2S. The van der Waals surface area contributed by atoms with Crippen LogP contribution in [0.2, 0.25) is 0 Å². The lowest BCUT2D eigenvalue weighted by Crippen LogP contribution is -2.34. The van der Waals surface area contributed by atoms with Crippen molar-refractivity contribution in [1.29, 1.82) is 0 Å². The van der Waals surface area contributed by atoms with Gasteiger partial charge in [0.25, 0.3) is 0 Å². The molecule has 0 amide bonds. The van der Waals surface area contributed by atoms with Crippen molar-refractivity contribution in [1.82, 2.24) is 10.3 Å². The molecule has 0 aromatic carbocycles. The lowest BCUT2D eigenvalue weighted by atomic mass is 10.1. The zero-order valence-corrected chi connectivity index (χ0v) is 14.6. The van der Waals surface area contributed by atoms with Crippen LogP contribution in [0, 0.1) is 0 Å². The second-order valence-corrected chi connectivity index (χ2v) is 7.26. The van der Waals surface area contributed by atoms with Gasteiger partial charge in [0.1, 0.15) is 0 Å². The van der Waals surface area contributed by atoms with Gasteiger partial charge in [-0.1, -0.05) is 20.8 Å². The number of rotatable bonds is 9. The van der Waals surface area contributed by atoms with Gasteiger partial charge in [0.15, 0.2) is 0 Å². The van der Waals surface area contributed by atoms with Crippen LogP contribution >= 0.6 is 27.7 Å². The predicted octanol–water partition coefficient (Wildman–Crippen LogP) is 4.29. The number of nitrogens with zero attached hydrogens (tertiary/aromatic N) is 1. The summed E-state index contributed by atoms with van der Waals surface area (Å²) in [5.74, 6) is 1.16. The molecule has 1 rings (SSSR count). The molecule has 2 unspecified atom stereocenters. The zero-order valence-electron chi connectivity index (χ0n) is 12.2. The molecule has 0 spiro atoms. The lowest BCUT2D eigenvalue weighted by Gasteiger charge is -2.19. The van der Waals surface area contributed by atoms with E-state index in [4.69, 9.17) is 0 Å². The maximum Gasteiger partial charge on any atom is 0.0420 e. The Morgan fingerprint density at radius 2 is 2.16 bits per heavy atom. The van der Waals surface area contributed by atoms with Gasteiger partial charge in [0, 0.05) is 39.8 Å². The third-order valence-corrected chi connectivity index (χ3v) is 5.05. The topological polar surface area (TPSA) is 24.9 Å². The normalized spacial score (nSPS) is 14.3. The quantitative estimate of drug-likeness (QED) is 0.723. The number of hydrogen-bond donors (Lipinski definition) is 1. The van der Waals surface area contributed by atoms with Crippen LogP contribution in [0.3, 0.4) is 0 Å². The number of nitrogens with one attached hydrogen (secondary N) is 1. The van der Waals surface area contributed by atoms with Crippen LogP contribution in [0.1, 0.15) is 39.3 Å². The molecule has 4 heteroatoms. The molecule has 0 saturated carbocycles. The van der Waals surface area contributed by atoms with Gasteiger partial charge in [-0.15, -0.1) is 0 Å². The summed E-state index contributed by atoms with van der Waals surface area (Å²) in [5.41, 5.74) is 1.17. The van der Waals surface area contributed by atoms with E-state index in [2.05, 4.69) is 70.9 Å². The van der Waals surface area contributed by atoms with Gasteiger partial charge in [-0.25, -0.2) is 0 Å². The summed E-state index contributed by atoms with van der Waals surface area (Å²) in [6.45, 7) is 7.86. The summed E-state index contributed by atoms with van der Waals surface area (Å²) < 4.78 is 1.04. The third-order valence-electron chi connectivity index (χ3n) is 3.08. The van der Waals surface area contributed by atoms with Crippen molar-refractivity contribution in [2.24, 2.45) is 0 Å². The van der Waals surface area contributed by atoms with Gasteiger partial charge >= 0.3 is 0 Å². The fourth-order valence-electron chi connectivity index (χ4n) is 1.72. The summed E-state index contributed by atoms with van der Waals surface area (Å²) >= 11 is 5.49. The molecule has 108 valence electrons. The summed E-state index contributed by atoms with van der Waals surface area (Å²) in [6, 6.07) is 4.70. The summed E-state index contributed by atoms with van der Waals surface area (Å²) in [7, 11) is 0. The van der Waals surface area contributed by atoms with E-state index < -0.39 is 0 Å². The molecule has 0 saturated heterocycles. The monoisotopic (exact) mass is 344 g/mol. The Bertz CT molecular complexity index is 343. The molecule has 0 radical (unpaired) electrons. The molecule has 19 heavy (non-hydrogen) atoms. The van der Waals surface area contributed by atoms with E-state index in [0.717, 1.165) is 28.4 Å². The Kier molecular flexibility index (Phi) is 8.75. The molecule has 0 aliphatic heterocycles. The van der Waals surface area contributed by atoms with E-state index in [0.29, 0.717) is 6.04 Å². The van der Waals surface area contributed by atoms with Crippen LogP contribution < -0.4 is 5.32 Å². The first kappa shape index (κ1) is 17.0. The average molecular weight is 345 g/mol. The summed E-state index contributed by atoms with van der Waals surface area (Å²) in [6.07, 6.45) is 5.31. The van der Waals surface area contributed by atoms with Gasteiger partial charge in [0.2, 0.25) is 0 Å². The second-order valence-electron chi connectivity index (χ2n) is 4.88. The molecule has 0 aliphatic rings. The molecule has 2 atom stereocenters. The van der Waals surface area contributed by atoms with Crippen LogP contribution in [0.15, 0.2) is 22.8 Å². The molecule has 0 aliphatic carbocycles. The van der Waals surface area contributed by atoms with Crippen LogP contribution in [0.25, 0.3) is 0 Å². The highest BCUT2D eigenvalue weighted by Crippen LogP contribution is 2.16. The molecule has 1 N–H and O–H groups in total. The molecule has 1 heterocycles. The minimum absolute atomic E-state index is 0.521. The van der Waals surface area contributed by atoms with Crippen LogP contribution in [-0.4, -0.2) is 28.6 Å². The van der Waals surface area contributed by atoms with Crippen molar-refractivity contribution >= 4 is 27.7 Å². The smallest absolute Gasteiger partial charge is 0.0420 e. The van der Waals surface area contributed by atoms with E-state index in [-0.39, 0.29) is 0 Å². The number of thioether (sulfide) groups is 1. The average Bonchev–Trinajstić information content (AvgIpc) is 2.43. The molecule has 2 nitrogen and oxygen atoms in total. The highest BCUT2D eigenvalue weighted by Gasteiger charge is 2.11. The van der Waals surface area contributed by atoms with Crippen molar-refractivity contribution in [2.75, 3.05) is 12.3 Å². The number of halogens is 1. The Labute approximate surface area is 130 Å². The van der Waals surface area contributed by atoms with Gasteiger partial charge in [0.05, 0.1) is 0 Å². The second kappa shape index (κ2) is 9.78. The van der Waals surface area contributed by atoms with Gasteiger partial charge in [-0.05, 0) is 47.4 Å². The van der Waals surface area contributed by atoms with Crippen molar-refractivity contribution in [3.05, 3.63) is 28.5 Å². The molecule has 1 aromatic rings. The SMILES string of the molecule is CCCNC(CSC(C)CC)Cc1ccc(Br)cn1. The Hall–Kier alpha value is -0.0600. The maximum absolute atomic E-state index is 4.48. The molecule has 0 bridgehead atoms. The van der Waals surface area contributed by atoms with E-state index in [9.17, 15) is 0 Å². The Balaban J connectivity index is 2.50. The number of hydrogen-bond acceptors (Lipinski definition) is 3. The van der Waals surface area contributed by atoms with Crippen LogP contribution in [0.4, 0.5) is 0 Å².